The predicted octanol–water partition coefficient (Wildman–Crippen LogP) is 2.63. The molecule has 2 rings (SSSR count). The zero-order valence-electron chi connectivity index (χ0n) is 12.7. The molecule has 5 heteroatoms. The lowest BCUT2D eigenvalue weighted by molar-refractivity contribution is 0.0566. The van der Waals surface area contributed by atoms with Gasteiger partial charge < -0.3 is 10.4 Å². The van der Waals surface area contributed by atoms with Crippen molar-refractivity contribution < 1.29 is 5.11 Å². The molecule has 0 saturated carbocycles. The number of nitrogens with one attached hydrogen (secondary N) is 1. The molecule has 2 aromatic rings. The Balaban J connectivity index is 2.02. The van der Waals surface area contributed by atoms with Gasteiger partial charge in [-0.05, 0) is 18.9 Å². The summed E-state index contributed by atoms with van der Waals surface area (Å²) in [5, 5.41) is 18.9. The number of rotatable bonds is 6. The largest absolute Gasteiger partial charge is 0.384 e. The first-order valence-corrected chi connectivity index (χ1v) is 7.52. The number of aryl methyl sites for hydroxylation is 2. The zero-order valence-corrected chi connectivity index (χ0v) is 13.5. The van der Waals surface area contributed by atoms with Gasteiger partial charge in [-0.1, -0.05) is 48.9 Å². The molecule has 0 saturated heterocycles. The SMILES string of the molecule is CCc1nn(C)c(Cl)c1CNCC(C)(O)c1ccccc1. The van der Waals surface area contributed by atoms with Gasteiger partial charge in [0.1, 0.15) is 5.15 Å². The van der Waals surface area contributed by atoms with E-state index in [-0.39, 0.29) is 0 Å². The van der Waals surface area contributed by atoms with Crippen molar-refractivity contribution in [3.8, 4) is 0 Å². The summed E-state index contributed by atoms with van der Waals surface area (Å²) in [5.74, 6) is 0. The van der Waals surface area contributed by atoms with E-state index in [4.69, 9.17) is 11.6 Å². The van der Waals surface area contributed by atoms with Crippen LogP contribution in [0.2, 0.25) is 5.15 Å². The molecule has 1 atom stereocenters. The van der Waals surface area contributed by atoms with E-state index in [0.717, 1.165) is 23.2 Å². The van der Waals surface area contributed by atoms with Crippen LogP contribution >= 0.6 is 11.6 Å². The molecule has 0 fully saturated rings. The van der Waals surface area contributed by atoms with Gasteiger partial charge >= 0.3 is 0 Å². The molecular formula is C16H22ClN3O. The lowest BCUT2D eigenvalue weighted by Gasteiger charge is -2.24. The molecule has 21 heavy (non-hydrogen) atoms. The van der Waals surface area contributed by atoms with Gasteiger partial charge in [-0.15, -0.1) is 0 Å². The summed E-state index contributed by atoms with van der Waals surface area (Å²) in [5.41, 5.74) is 1.98. The second-order valence-corrected chi connectivity index (χ2v) is 5.79. The Morgan fingerprint density at radius 2 is 2.00 bits per heavy atom. The topological polar surface area (TPSA) is 50.1 Å². The fourth-order valence-corrected chi connectivity index (χ4v) is 2.60. The molecular weight excluding hydrogens is 286 g/mol. The third-order valence-corrected chi connectivity index (χ3v) is 4.13. The molecule has 0 aliphatic heterocycles. The van der Waals surface area contributed by atoms with Crippen LogP contribution in [0.15, 0.2) is 30.3 Å². The van der Waals surface area contributed by atoms with Crippen LogP contribution in [0, 0.1) is 0 Å². The number of aromatic nitrogens is 2. The Labute approximate surface area is 130 Å². The average Bonchev–Trinajstić information content (AvgIpc) is 2.75. The molecule has 0 aliphatic carbocycles. The number of benzene rings is 1. The summed E-state index contributed by atoms with van der Waals surface area (Å²) < 4.78 is 1.69. The standard InChI is InChI=1S/C16H22ClN3O/c1-4-14-13(15(17)20(3)19-14)10-18-11-16(2,21)12-8-6-5-7-9-12/h5-9,18,21H,4,10-11H2,1-3H3. The minimum Gasteiger partial charge on any atom is -0.384 e. The maximum Gasteiger partial charge on any atom is 0.131 e. The molecule has 1 unspecified atom stereocenters. The smallest absolute Gasteiger partial charge is 0.131 e. The zero-order chi connectivity index (χ0) is 15.5. The molecule has 0 radical (unpaired) electrons. The number of halogens is 1. The van der Waals surface area contributed by atoms with Crippen LogP contribution in [-0.2, 0) is 25.6 Å². The summed E-state index contributed by atoms with van der Waals surface area (Å²) in [6.45, 7) is 4.91. The third-order valence-electron chi connectivity index (χ3n) is 3.65. The van der Waals surface area contributed by atoms with Crippen LogP contribution in [0.1, 0.15) is 30.7 Å². The Morgan fingerprint density at radius 3 is 2.62 bits per heavy atom. The Hall–Kier alpha value is -1.36. The van der Waals surface area contributed by atoms with E-state index in [9.17, 15) is 5.11 Å². The van der Waals surface area contributed by atoms with E-state index in [1.54, 1.807) is 11.6 Å². The van der Waals surface area contributed by atoms with Crippen LogP contribution in [0.4, 0.5) is 0 Å². The van der Waals surface area contributed by atoms with Crippen LogP contribution < -0.4 is 5.32 Å². The minimum absolute atomic E-state index is 0.450. The number of aliphatic hydroxyl groups is 1. The van der Waals surface area contributed by atoms with Crippen LogP contribution in [0.5, 0.6) is 0 Å². The fourth-order valence-electron chi connectivity index (χ4n) is 2.39. The van der Waals surface area contributed by atoms with Gasteiger partial charge in [0.2, 0.25) is 0 Å². The summed E-state index contributed by atoms with van der Waals surface area (Å²) in [4.78, 5) is 0. The highest BCUT2D eigenvalue weighted by molar-refractivity contribution is 6.30. The van der Waals surface area contributed by atoms with Crippen molar-refractivity contribution in [2.45, 2.75) is 32.4 Å². The van der Waals surface area contributed by atoms with Gasteiger partial charge in [-0.2, -0.15) is 5.10 Å². The summed E-state index contributed by atoms with van der Waals surface area (Å²) in [7, 11) is 1.84. The molecule has 1 aromatic carbocycles. The van der Waals surface area contributed by atoms with Crippen LogP contribution in [0.3, 0.4) is 0 Å². The van der Waals surface area contributed by atoms with Crippen molar-refractivity contribution in [2.75, 3.05) is 6.54 Å². The van der Waals surface area contributed by atoms with E-state index >= 15 is 0 Å². The van der Waals surface area contributed by atoms with E-state index in [1.807, 2.05) is 37.4 Å². The number of nitrogens with zero attached hydrogens (tertiary/aromatic N) is 2. The van der Waals surface area contributed by atoms with Crippen molar-refractivity contribution in [3.05, 3.63) is 52.3 Å². The number of hydrogen-bond donors (Lipinski definition) is 2. The Kier molecular flexibility index (Phi) is 5.04. The monoisotopic (exact) mass is 307 g/mol. The quantitative estimate of drug-likeness (QED) is 0.862. The molecule has 0 spiro atoms. The lowest BCUT2D eigenvalue weighted by atomic mass is 9.96. The molecule has 2 N–H and O–H groups in total. The van der Waals surface area contributed by atoms with Crippen molar-refractivity contribution in [1.82, 2.24) is 15.1 Å². The van der Waals surface area contributed by atoms with E-state index in [1.165, 1.54) is 0 Å². The Bertz CT molecular complexity index is 593. The normalized spacial score (nSPS) is 14.1. The second kappa shape index (κ2) is 6.60. The highest BCUT2D eigenvalue weighted by Gasteiger charge is 2.22. The van der Waals surface area contributed by atoms with Gasteiger partial charge in [0.15, 0.2) is 0 Å². The lowest BCUT2D eigenvalue weighted by Crippen LogP contribution is -2.35. The molecule has 4 nitrogen and oxygen atoms in total. The second-order valence-electron chi connectivity index (χ2n) is 5.44. The molecule has 1 heterocycles. The average molecular weight is 308 g/mol. The first kappa shape index (κ1) is 16.0. The highest BCUT2D eigenvalue weighted by atomic mass is 35.5. The molecule has 0 bridgehead atoms. The first-order chi connectivity index (χ1) is 9.95. The van der Waals surface area contributed by atoms with Gasteiger partial charge in [-0.25, -0.2) is 0 Å². The number of hydrogen-bond acceptors (Lipinski definition) is 3. The molecule has 0 aliphatic rings. The maximum absolute atomic E-state index is 10.5. The van der Waals surface area contributed by atoms with Crippen LogP contribution in [-0.4, -0.2) is 21.4 Å². The van der Waals surface area contributed by atoms with Crippen molar-refractivity contribution in [1.29, 1.82) is 0 Å². The molecule has 114 valence electrons. The van der Waals surface area contributed by atoms with Crippen molar-refractivity contribution in [3.63, 3.8) is 0 Å². The van der Waals surface area contributed by atoms with Crippen molar-refractivity contribution >= 4 is 11.6 Å². The van der Waals surface area contributed by atoms with Crippen molar-refractivity contribution in [2.24, 2.45) is 7.05 Å². The van der Waals surface area contributed by atoms with Gasteiger partial charge in [-0.3, -0.25) is 4.68 Å². The van der Waals surface area contributed by atoms with Gasteiger partial charge in [0.05, 0.1) is 11.3 Å². The fraction of sp³-hybridized carbons (Fsp3) is 0.438. The first-order valence-electron chi connectivity index (χ1n) is 7.14. The van der Waals surface area contributed by atoms with Gasteiger partial charge in [0, 0.05) is 25.7 Å². The van der Waals surface area contributed by atoms with E-state index < -0.39 is 5.60 Å². The van der Waals surface area contributed by atoms with Crippen LogP contribution in [0.25, 0.3) is 0 Å². The molecule has 1 aromatic heterocycles. The third kappa shape index (κ3) is 3.64. The maximum atomic E-state index is 10.5. The summed E-state index contributed by atoms with van der Waals surface area (Å²) >= 11 is 6.26. The predicted molar refractivity (Wildman–Crippen MR) is 85.3 cm³/mol. The summed E-state index contributed by atoms with van der Waals surface area (Å²) in [6.07, 6.45) is 0.840. The molecule has 0 amide bonds. The van der Waals surface area contributed by atoms with E-state index in [2.05, 4.69) is 17.3 Å². The van der Waals surface area contributed by atoms with E-state index in [0.29, 0.717) is 18.2 Å². The van der Waals surface area contributed by atoms with Gasteiger partial charge in [0.25, 0.3) is 0 Å². The Morgan fingerprint density at radius 1 is 1.33 bits per heavy atom. The minimum atomic E-state index is -0.914. The highest BCUT2D eigenvalue weighted by Crippen LogP contribution is 2.22. The summed E-state index contributed by atoms with van der Waals surface area (Å²) in [6, 6.07) is 9.65.